The Hall–Kier alpha value is -2.52. The monoisotopic (exact) mass is 361 g/mol. The molecule has 1 unspecified atom stereocenters. The van der Waals surface area contributed by atoms with E-state index >= 15 is 0 Å². The third-order valence-electron chi connectivity index (χ3n) is 5.00. The highest BCUT2D eigenvalue weighted by molar-refractivity contribution is 5.93. The van der Waals surface area contributed by atoms with Gasteiger partial charge in [0.25, 0.3) is 0 Å². The Balaban J connectivity index is 1.90. The van der Waals surface area contributed by atoms with Crippen molar-refractivity contribution in [2.24, 2.45) is 5.73 Å². The first-order chi connectivity index (χ1) is 12.4. The molecule has 26 heavy (non-hydrogen) atoms. The molecule has 8 nitrogen and oxygen atoms in total. The van der Waals surface area contributed by atoms with Gasteiger partial charge in [-0.25, -0.2) is 19.2 Å². The number of anilines is 1. The number of hydrogen-bond acceptors (Lipinski definition) is 6. The minimum absolute atomic E-state index is 0.0230. The maximum atomic E-state index is 14.9. The van der Waals surface area contributed by atoms with Crippen LogP contribution in [0.5, 0.6) is 0 Å². The molecular formula is C17H20FN5O3. The maximum Gasteiger partial charge on any atom is 0.341 e. The van der Waals surface area contributed by atoms with E-state index in [0.717, 1.165) is 19.3 Å². The summed E-state index contributed by atoms with van der Waals surface area (Å²) in [7, 11) is 0. The van der Waals surface area contributed by atoms with Gasteiger partial charge in [-0.2, -0.15) is 0 Å². The summed E-state index contributed by atoms with van der Waals surface area (Å²) in [6.07, 6.45) is 3.87. The van der Waals surface area contributed by atoms with Crippen LogP contribution in [0.1, 0.15) is 41.2 Å². The van der Waals surface area contributed by atoms with Crippen LogP contribution in [-0.2, 0) is 0 Å². The van der Waals surface area contributed by atoms with Crippen LogP contribution < -0.4 is 16.6 Å². The smallest absolute Gasteiger partial charge is 0.341 e. The van der Waals surface area contributed by atoms with Gasteiger partial charge < -0.3 is 20.8 Å². The highest BCUT2D eigenvalue weighted by Crippen LogP contribution is 2.37. The Morgan fingerprint density at radius 3 is 2.73 bits per heavy atom. The summed E-state index contributed by atoms with van der Waals surface area (Å²) in [4.78, 5) is 28.4. The topological polar surface area (TPSA) is 113 Å². The number of hydrogen-bond donors (Lipinski definition) is 3. The Kier molecular flexibility index (Phi) is 3.92. The molecule has 1 saturated heterocycles. The number of aromatic carboxylic acids is 1. The molecule has 1 aliphatic heterocycles. The van der Waals surface area contributed by atoms with Crippen LogP contribution in [0.3, 0.4) is 0 Å². The fraction of sp³-hybridized carbons (Fsp3) is 0.471. The van der Waals surface area contributed by atoms with Gasteiger partial charge in [0.2, 0.25) is 5.43 Å². The minimum atomic E-state index is -1.32. The van der Waals surface area contributed by atoms with Crippen LogP contribution in [0.25, 0.3) is 11.0 Å². The molecule has 1 saturated carbocycles. The summed E-state index contributed by atoms with van der Waals surface area (Å²) in [6, 6.07) is 0.108. The average molecular weight is 361 g/mol. The Bertz CT molecular complexity index is 969. The zero-order valence-corrected chi connectivity index (χ0v) is 14.3. The minimum Gasteiger partial charge on any atom is -0.477 e. The van der Waals surface area contributed by atoms with Crippen LogP contribution in [0, 0.1) is 12.7 Å². The van der Waals surface area contributed by atoms with E-state index in [1.54, 1.807) is 9.58 Å². The second kappa shape index (κ2) is 6.03. The lowest BCUT2D eigenvalue weighted by Gasteiger charge is -2.20. The van der Waals surface area contributed by atoms with Gasteiger partial charge in [0.1, 0.15) is 11.2 Å². The first-order valence-corrected chi connectivity index (χ1v) is 8.62. The second-order valence-corrected chi connectivity index (χ2v) is 7.02. The zero-order valence-electron chi connectivity index (χ0n) is 14.3. The van der Waals surface area contributed by atoms with Gasteiger partial charge in [-0.1, -0.05) is 0 Å². The van der Waals surface area contributed by atoms with Crippen molar-refractivity contribution < 1.29 is 14.3 Å². The van der Waals surface area contributed by atoms with Crippen LogP contribution in [0.2, 0.25) is 0 Å². The maximum absolute atomic E-state index is 14.9. The van der Waals surface area contributed by atoms with Crippen molar-refractivity contribution in [3.63, 3.8) is 0 Å². The van der Waals surface area contributed by atoms with Crippen molar-refractivity contribution in [1.82, 2.24) is 14.6 Å². The van der Waals surface area contributed by atoms with E-state index in [-0.39, 0.29) is 34.4 Å². The second-order valence-electron chi connectivity index (χ2n) is 7.02. The van der Waals surface area contributed by atoms with Gasteiger partial charge in [0, 0.05) is 36.9 Å². The number of hydrazine groups is 1. The lowest BCUT2D eigenvalue weighted by atomic mass is 10.1. The first kappa shape index (κ1) is 16.9. The fourth-order valence-electron chi connectivity index (χ4n) is 3.41. The summed E-state index contributed by atoms with van der Waals surface area (Å²) < 4.78 is 16.6. The van der Waals surface area contributed by atoms with E-state index in [2.05, 4.69) is 10.4 Å². The zero-order chi connectivity index (χ0) is 18.6. The number of aromatic nitrogens is 2. The van der Waals surface area contributed by atoms with Crippen LogP contribution in [-0.4, -0.2) is 44.8 Å². The number of nitrogens with one attached hydrogen (secondary N) is 1. The van der Waals surface area contributed by atoms with Gasteiger partial charge in [-0.3, -0.25) is 4.79 Å². The number of carboxylic acid groups (broad SMARTS) is 1. The summed E-state index contributed by atoms with van der Waals surface area (Å²) in [6.45, 7) is 2.73. The predicted molar refractivity (Wildman–Crippen MR) is 93.7 cm³/mol. The van der Waals surface area contributed by atoms with Crippen molar-refractivity contribution in [3.8, 4) is 0 Å². The Morgan fingerprint density at radius 2 is 2.15 bits per heavy atom. The van der Waals surface area contributed by atoms with Crippen LogP contribution in [0.4, 0.5) is 10.2 Å². The summed E-state index contributed by atoms with van der Waals surface area (Å²) in [5, 5.41) is 11.1. The molecule has 0 amide bonds. The third kappa shape index (κ3) is 2.73. The molecule has 0 bridgehead atoms. The molecule has 1 aliphatic carbocycles. The average Bonchev–Trinajstić information content (AvgIpc) is 3.34. The molecular weight excluding hydrogens is 341 g/mol. The lowest BCUT2D eigenvalue weighted by Crippen LogP contribution is -2.32. The SMILES string of the molecule is Cc1c(F)c(NN2CCC(N)C2)nc2c1c(=O)c(C(=O)O)cn2C1CC1. The molecule has 9 heteroatoms. The van der Waals surface area contributed by atoms with Crippen LogP contribution in [0.15, 0.2) is 11.0 Å². The van der Waals surface area contributed by atoms with Gasteiger partial charge >= 0.3 is 5.97 Å². The molecule has 0 spiro atoms. The van der Waals surface area contributed by atoms with Gasteiger partial charge in [-0.05, 0) is 26.2 Å². The molecule has 0 aromatic carbocycles. The van der Waals surface area contributed by atoms with Gasteiger partial charge in [0.05, 0.1) is 5.39 Å². The van der Waals surface area contributed by atoms with Crippen molar-refractivity contribution in [1.29, 1.82) is 0 Å². The number of halogens is 1. The summed E-state index contributed by atoms with van der Waals surface area (Å²) >= 11 is 0. The van der Waals surface area contributed by atoms with Gasteiger partial charge in [0.15, 0.2) is 11.6 Å². The number of rotatable bonds is 4. The Morgan fingerprint density at radius 1 is 1.42 bits per heavy atom. The number of carbonyl (C=O) groups is 1. The van der Waals surface area contributed by atoms with E-state index in [0.29, 0.717) is 18.7 Å². The van der Waals surface area contributed by atoms with E-state index < -0.39 is 17.2 Å². The van der Waals surface area contributed by atoms with Gasteiger partial charge in [-0.15, -0.1) is 0 Å². The predicted octanol–water partition coefficient (Wildman–Crippen LogP) is 1.24. The first-order valence-electron chi connectivity index (χ1n) is 8.62. The van der Waals surface area contributed by atoms with E-state index in [1.165, 1.54) is 13.1 Å². The summed E-state index contributed by atoms with van der Waals surface area (Å²) in [5.41, 5.74) is 8.17. The van der Waals surface area contributed by atoms with Crippen molar-refractivity contribution in [3.05, 3.63) is 33.4 Å². The highest BCUT2D eigenvalue weighted by Gasteiger charge is 2.30. The molecule has 4 N–H and O–H groups in total. The number of pyridine rings is 2. The molecule has 1 atom stereocenters. The molecule has 0 radical (unpaired) electrons. The van der Waals surface area contributed by atoms with E-state index in [4.69, 9.17) is 5.73 Å². The molecule has 3 heterocycles. The van der Waals surface area contributed by atoms with Crippen molar-refractivity contribution in [2.75, 3.05) is 18.5 Å². The van der Waals surface area contributed by atoms with E-state index in [9.17, 15) is 19.1 Å². The largest absolute Gasteiger partial charge is 0.477 e. The molecule has 2 aromatic rings. The number of carboxylic acids is 1. The Labute approximate surface area is 148 Å². The van der Waals surface area contributed by atoms with Crippen molar-refractivity contribution in [2.45, 2.75) is 38.3 Å². The lowest BCUT2D eigenvalue weighted by molar-refractivity contribution is 0.0695. The molecule has 138 valence electrons. The third-order valence-corrected chi connectivity index (χ3v) is 5.00. The highest BCUT2D eigenvalue weighted by atomic mass is 19.1. The van der Waals surface area contributed by atoms with Crippen LogP contribution >= 0.6 is 0 Å². The fourth-order valence-corrected chi connectivity index (χ4v) is 3.41. The van der Waals surface area contributed by atoms with E-state index in [1.807, 2.05) is 0 Å². The quantitative estimate of drug-likeness (QED) is 0.751. The number of fused-ring (bicyclic) bond motifs is 1. The molecule has 2 aromatic heterocycles. The number of nitrogens with two attached hydrogens (primary N) is 1. The molecule has 4 rings (SSSR count). The summed E-state index contributed by atoms with van der Waals surface area (Å²) in [5.74, 6) is -1.94. The normalized spacial score (nSPS) is 20.7. The van der Waals surface area contributed by atoms with Crippen molar-refractivity contribution >= 4 is 22.8 Å². The standard InChI is InChI=1S/C17H20FN5O3/c1-8-12-14(24)11(17(25)26)7-23(10-2-3-10)16(12)20-15(13(8)18)21-22-5-4-9(19)6-22/h7,9-10H,2-6,19H2,1H3,(H,20,21)(H,25,26). The molecule has 2 aliphatic rings. The number of aryl methyl sites for hydroxylation is 1. The molecule has 2 fully saturated rings. The number of nitrogens with zero attached hydrogens (tertiary/aromatic N) is 3.